The largest absolute Gasteiger partial charge is 0.338 e. The molecule has 110 valence electrons. The predicted octanol–water partition coefficient (Wildman–Crippen LogP) is 2.29. The zero-order chi connectivity index (χ0) is 14.8. The molecule has 2 N–H and O–H groups in total. The number of carbonyl (C=O) groups excluding carboxylic acids is 1. The van der Waals surface area contributed by atoms with Gasteiger partial charge in [0.15, 0.2) is 0 Å². The van der Waals surface area contributed by atoms with Crippen LogP contribution < -0.4 is 5.73 Å². The molecule has 2 aromatic rings. The molecular formula is C17H21N3O. The van der Waals surface area contributed by atoms with Crippen LogP contribution in [0.15, 0.2) is 36.5 Å². The number of fused-ring (bicyclic) bond motifs is 1. The molecular weight excluding hydrogens is 262 g/mol. The highest BCUT2D eigenvalue weighted by Crippen LogP contribution is 2.25. The molecule has 1 aromatic heterocycles. The molecule has 4 heteroatoms. The SMILES string of the molecule is CC1CCN(C(=O)c2ccnc3ccccc23)CC1CN. The van der Waals surface area contributed by atoms with Gasteiger partial charge in [0.1, 0.15) is 0 Å². The minimum absolute atomic E-state index is 0.0963. The van der Waals surface area contributed by atoms with Gasteiger partial charge in [-0.05, 0) is 36.9 Å². The van der Waals surface area contributed by atoms with E-state index in [9.17, 15) is 4.79 Å². The summed E-state index contributed by atoms with van der Waals surface area (Å²) in [6.45, 7) is 4.43. The molecule has 3 rings (SSSR count). The first-order chi connectivity index (χ1) is 10.2. The molecule has 1 aliphatic rings. The zero-order valence-electron chi connectivity index (χ0n) is 12.3. The second kappa shape index (κ2) is 5.82. The van der Waals surface area contributed by atoms with E-state index in [0.717, 1.165) is 36.0 Å². The average Bonchev–Trinajstić information content (AvgIpc) is 2.54. The number of hydrogen-bond acceptors (Lipinski definition) is 3. The molecule has 1 aliphatic heterocycles. The van der Waals surface area contributed by atoms with Crippen molar-refractivity contribution >= 4 is 16.8 Å². The molecule has 1 amide bonds. The third kappa shape index (κ3) is 2.63. The third-order valence-corrected chi connectivity index (χ3v) is 4.58. The highest BCUT2D eigenvalue weighted by atomic mass is 16.2. The van der Waals surface area contributed by atoms with Gasteiger partial charge < -0.3 is 10.6 Å². The fourth-order valence-corrected chi connectivity index (χ4v) is 3.09. The number of likely N-dealkylation sites (tertiary alicyclic amines) is 1. The van der Waals surface area contributed by atoms with E-state index in [0.29, 0.717) is 18.4 Å². The lowest BCUT2D eigenvalue weighted by Crippen LogP contribution is -2.45. The fraction of sp³-hybridized carbons (Fsp3) is 0.412. The first kappa shape index (κ1) is 14.0. The van der Waals surface area contributed by atoms with Crippen LogP contribution in [0.3, 0.4) is 0 Å². The molecule has 0 spiro atoms. The fourth-order valence-electron chi connectivity index (χ4n) is 3.09. The standard InChI is InChI=1S/C17H21N3O/c1-12-7-9-20(11-13(12)10-18)17(21)15-6-8-19-16-5-3-2-4-14(15)16/h2-6,8,12-13H,7,9-11,18H2,1H3. The van der Waals surface area contributed by atoms with E-state index >= 15 is 0 Å². The van der Waals surface area contributed by atoms with Crippen LogP contribution in [0.25, 0.3) is 10.9 Å². The topological polar surface area (TPSA) is 59.2 Å². The van der Waals surface area contributed by atoms with Gasteiger partial charge >= 0.3 is 0 Å². The summed E-state index contributed by atoms with van der Waals surface area (Å²) >= 11 is 0. The number of rotatable bonds is 2. The molecule has 0 bridgehead atoms. The summed E-state index contributed by atoms with van der Waals surface area (Å²) in [5.74, 6) is 1.09. The quantitative estimate of drug-likeness (QED) is 0.920. The molecule has 0 saturated carbocycles. The van der Waals surface area contributed by atoms with Crippen molar-refractivity contribution in [1.82, 2.24) is 9.88 Å². The number of benzene rings is 1. The molecule has 21 heavy (non-hydrogen) atoms. The molecule has 1 fully saturated rings. The number of hydrogen-bond donors (Lipinski definition) is 1. The zero-order valence-corrected chi connectivity index (χ0v) is 12.3. The Hall–Kier alpha value is -1.94. The summed E-state index contributed by atoms with van der Waals surface area (Å²) in [5, 5.41) is 0.924. The van der Waals surface area contributed by atoms with E-state index in [2.05, 4.69) is 11.9 Å². The monoisotopic (exact) mass is 283 g/mol. The van der Waals surface area contributed by atoms with Crippen molar-refractivity contribution in [2.24, 2.45) is 17.6 Å². The van der Waals surface area contributed by atoms with Crippen molar-refractivity contribution in [2.45, 2.75) is 13.3 Å². The van der Waals surface area contributed by atoms with Gasteiger partial charge in [-0.15, -0.1) is 0 Å². The Labute approximate surface area is 125 Å². The molecule has 1 saturated heterocycles. The Balaban J connectivity index is 1.90. The maximum atomic E-state index is 12.8. The summed E-state index contributed by atoms with van der Waals surface area (Å²) in [7, 11) is 0. The summed E-state index contributed by atoms with van der Waals surface area (Å²) in [6, 6.07) is 9.61. The number of pyridine rings is 1. The number of carbonyl (C=O) groups is 1. The summed E-state index contributed by atoms with van der Waals surface area (Å²) in [6.07, 6.45) is 2.74. The Morgan fingerprint density at radius 2 is 2.19 bits per heavy atom. The van der Waals surface area contributed by atoms with Crippen molar-refractivity contribution < 1.29 is 4.79 Å². The maximum absolute atomic E-state index is 12.8. The van der Waals surface area contributed by atoms with E-state index in [1.165, 1.54) is 0 Å². The lowest BCUT2D eigenvalue weighted by Gasteiger charge is -2.36. The molecule has 2 unspecified atom stereocenters. The highest BCUT2D eigenvalue weighted by Gasteiger charge is 2.29. The number of amides is 1. The van der Waals surface area contributed by atoms with Gasteiger partial charge in [-0.1, -0.05) is 25.1 Å². The second-order valence-corrected chi connectivity index (χ2v) is 5.89. The van der Waals surface area contributed by atoms with Crippen LogP contribution in [-0.2, 0) is 0 Å². The number of piperidine rings is 1. The van der Waals surface area contributed by atoms with Crippen molar-refractivity contribution in [1.29, 1.82) is 0 Å². The van der Waals surface area contributed by atoms with E-state index in [4.69, 9.17) is 5.73 Å². The van der Waals surface area contributed by atoms with Gasteiger partial charge in [-0.3, -0.25) is 9.78 Å². The summed E-state index contributed by atoms with van der Waals surface area (Å²) in [5.41, 5.74) is 7.44. The molecule has 0 aliphatic carbocycles. The molecule has 0 radical (unpaired) electrons. The van der Waals surface area contributed by atoms with Gasteiger partial charge in [-0.25, -0.2) is 0 Å². The van der Waals surface area contributed by atoms with Crippen molar-refractivity contribution in [2.75, 3.05) is 19.6 Å². The van der Waals surface area contributed by atoms with Gasteiger partial charge in [0.2, 0.25) is 0 Å². The molecule has 2 atom stereocenters. The Bertz CT molecular complexity index is 650. The van der Waals surface area contributed by atoms with Crippen molar-refractivity contribution in [3.05, 3.63) is 42.1 Å². The summed E-state index contributed by atoms with van der Waals surface area (Å²) < 4.78 is 0. The van der Waals surface area contributed by atoms with Gasteiger partial charge in [0.05, 0.1) is 11.1 Å². The smallest absolute Gasteiger partial charge is 0.254 e. The number of aromatic nitrogens is 1. The highest BCUT2D eigenvalue weighted by molar-refractivity contribution is 6.05. The van der Waals surface area contributed by atoms with Crippen molar-refractivity contribution in [3.63, 3.8) is 0 Å². The Kier molecular flexibility index (Phi) is 3.88. The van der Waals surface area contributed by atoms with Crippen LogP contribution in [-0.4, -0.2) is 35.4 Å². The van der Waals surface area contributed by atoms with Crippen LogP contribution in [0.5, 0.6) is 0 Å². The normalized spacial score (nSPS) is 22.5. The van der Waals surface area contributed by atoms with Crippen LogP contribution in [0.2, 0.25) is 0 Å². The number of para-hydroxylation sites is 1. The van der Waals surface area contributed by atoms with Gasteiger partial charge in [0, 0.05) is 24.7 Å². The molecule has 1 aromatic carbocycles. The predicted molar refractivity (Wildman–Crippen MR) is 84.0 cm³/mol. The third-order valence-electron chi connectivity index (χ3n) is 4.58. The molecule has 2 heterocycles. The van der Waals surface area contributed by atoms with E-state index in [1.807, 2.05) is 35.2 Å². The van der Waals surface area contributed by atoms with Gasteiger partial charge in [-0.2, -0.15) is 0 Å². The lowest BCUT2D eigenvalue weighted by molar-refractivity contribution is 0.0620. The van der Waals surface area contributed by atoms with E-state index in [1.54, 1.807) is 6.20 Å². The van der Waals surface area contributed by atoms with Crippen molar-refractivity contribution in [3.8, 4) is 0 Å². The van der Waals surface area contributed by atoms with Gasteiger partial charge in [0.25, 0.3) is 5.91 Å². The van der Waals surface area contributed by atoms with Crippen LogP contribution in [0.4, 0.5) is 0 Å². The average molecular weight is 283 g/mol. The Morgan fingerprint density at radius 3 is 3.00 bits per heavy atom. The minimum Gasteiger partial charge on any atom is -0.338 e. The van der Waals surface area contributed by atoms with E-state index in [-0.39, 0.29) is 5.91 Å². The number of nitrogens with zero attached hydrogens (tertiary/aromatic N) is 2. The summed E-state index contributed by atoms with van der Waals surface area (Å²) in [4.78, 5) is 19.1. The molecule has 4 nitrogen and oxygen atoms in total. The lowest BCUT2D eigenvalue weighted by atomic mass is 9.87. The first-order valence-corrected chi connectivity index (χ1v) is 7.54. The number of nitrogens with two attached hydrogens (primary N) is 1. The van der Waals surface area contributed by atoms with Crippen LogP contribution in [0.1, 0.15) is 23.7 Å². The van der Waals surface area contributed by atoms with Crippen LogP contribution in [0, 0.1) is 11.8 Å². The minimum atomic E-state index is 0.0963. The first-order valence-electron chi connectivity index (χ1n) is 7.54. The maximum Gasteiger partial charge on any atom is 0.254 e. The second-order valence-electron chi connectivity index (χ2n) is 5.89. The Morgan fingerprint density at radius 1 is 1.38 bits per heavy atom. The van der Waals surface area contributed by atoms with Crippen LogP contribution >= 0.6 is 0 Å². The van der Waals surface area contributed by atoms with E-state index < -0.39 is 0 Å².